The Hall–Kier alpha value is -1.27. The van der Waals surface area contributed by atoms with E-state index >= 15 is 0 Å². The summed E-state index contributed by atoms with van der Waals surface area (Å²) < 4.78 is 0. The Morgan fingerprint density at radius 2 is 2.11 bits per heavy atom. The predicted molar refractivity (Wildman–Crippen MR) is 81.2 cm³/mol. The molecular weight excluding hydrogens is 260 g/mol. The summed E-state index contributed by atoms with van der Waals surface area (Å²) in [6.07, 6.45) is 8.32. The van der Waals surface area contributed by atoms with E-state index in [0.29, 0.717) is 17.9 Å². The maximum Gasteiger partial charge on any atom is 0.269 e. The van der Waals surface area contributed by atoms with Gasteiger partial charge >= 0.3 is 0 Å². The van der Waals surface area contributed by atoms with Crippen LogP contribution in [0.1, 0.15) is 36.2 Å². The first-order valence-electron chi connectivity index (χ1n) is 6.47. The van der Waals surface area contributed by atoms with Crippen LogP contribution in [0.25, 0.3) is 0 Å². The van der Waals surface area contributed by atoms with Gasteiger partial charge in [0, 0.05) is 6.54 Å². The Morgan fingerprint density at radius 1 is 1.32 bits per heavy atom. The van der Waals surface area contributed by atoms with Crippen molar-refractivity contribution in [2.75, 3.05) is 24.0 Å². The van der Waals surface area contributed by atoms with Crippen LogP contribution in [0.3, 0.4) is 0 Å². The summed E-state index contributed by atoms with van der Waals surface area (Å²) >= 11 is 1.88. The molecule has 0 aliphatic carbocycles. The van der Waals surface area contributed by atoms with Crippen LogP contribution in [0.2, 0.25) is 0 Å². The van der Waals surface area contributed by atoms with Gasteiger partial charge in [-0.3, -0.25) is 10.6 Å². The van der Waals surface area contributed by atoms with Crippen molar-refractivity contribution in [2.24, 2.45) is 5.84 Å². The van der Waals surface area contributed by atoms with Crippen molar-refractivity contribution in [3.63, 3.8) is 0 Å². The number of thioether (sulfide) groups is 1. The number of rotatable bonds is 9. The van der Waals surface area contributed by atoms with E-state index < -0.39 is 0 Å². The molecule has 1 heterocycles. The lowest BCUT2D eigenvalue weighted by Gasteiger charge is -2.05. The van der Waals surface area contributed by atoms with Gasteiger partial charge in [0.05, 0.1) is 11.9 Å². The standard InChI is InChI=1S/C13H22N4OS/c1-19-9-5-3-2-4-8-15-13(18)12-7-6-11(17-14)10-16-12/h6-7,10,17H,2-5,8-9,14H2,1H3,(H,15,18). The molecular formula is C13H22N4OS. The third-order valence-electron chi connectivity index (χ3n) is 2.72. The summed E-state index contributed by atoms with van der Waals surface area (Å²) in [5.41, 5.74) is 3.58. The summed E-state index contributed by atoms with van der Waals surface area (Å²) in [5.74, 6) is 6.32. The number of nitrogens with zero attached hydrogens (tertiary/aromatic N) is 1. The zero-order valence-electron chi connectivity index (χ0n) is 11.3. The highest BCUT2D eigenvalue weighted by Crippen LogP contribution is 2.05. The molecule has 0 saturated heterocycles. The molecule has 0 aliphatic rings. The molecule has 4 N–H and O–H groups in total. The number of hydrogen-bond acceptors (Lipinski definition) is 5. The molecule has 0 bridgehead atoms. The molecule has 6 heteroatoms. The molecule has 1 rings (SSSR count). The van der Waals surface area contributed by atoms with Gasteiger partial charge in [-0.15, -0.1) is 0 Å². The van der Waals surface area contributed by atoms with Crippen LogP contribution in [0.5, 0.6) is 0 Å². The number of unbranched alkanes of at least 4 members (excludes halogenated alkanes) is 3. The van der Waals surface area contributed by atoms with E-state index in [2.05, 4.69) is 22.0 Å². The van der Waals surface area contributed by atoms with Crippen LogP contribution in [0.4, 0.5) is 5.69 Å². The number of hydrogen-bond donors (Lipinski definition) is 3. The summed E-state index contributed by atoms with van der Waals surface area (Å²) in [6.45, 7) is 0.705. The second kappa shape index (κ2) is 9.63. The number of carbonyl (C=O) groups is 1. The van der Waals surface area contributed by atoms with E-state index in [0.717, 1.165) is 12.8 Å². The molecule has 5 nitrogen and oxygen atoms in total. The fourth-order valence-electron chi connectivity index (χ4n) is 1.63. The average Bonchev–Trinajstić information content (AvgIpc) is 2.46. The number of amides is 1. The summed E-state index contributed by atoms with van der Waals surface area (Å²) in [5, 5.41) is 2.87. The molecule has 0 spiro atoms. The smallest absolute Gasteiger partial charge is 0.269 e. The Morgan fingerprint density at radius 3 is 2.74 bits per heavy atom. The van der Waals surface area contributed by atoms with E-state index in [1.54, 1.807) is 12.1 Å². The summed E-state index contributed by atoms with van der Waals surface area (Å²) in [4.78, 5) is 15.8. The van der Waals surface area contributed by atoms with E-state index in [1.165, 1.54) is 24.8 Å². The van der Waals surface area contributed by atoms with Crippen molar-refractivity contribution in [3.8, 4) is 0 Å². The molecule has 0 aliphatic heterocycles. The van der Waals surface area contributed by atoms with Crippen molar-refractivity contribution in [2.45, 2.75) is 25.7 Å². The minimum absolute atomic E-state index is 0.132. The second-order valence-electron chi connectivity index (χ2n) is 4.24. The molecule has 1 aromatic rings. The van der Waals surface area contributed by atoms with E-state index in [9.17, 15) is 4.79 Å². The number of anilines is 1. The molecule has 0 fully saturated rings. The van der Waals surface area contributed by atoms with Crippen LogP contribution in [-0.2, 0) is 0 Å². The molecule has 1 aromatic heterocycles. The maximum absolute atomic E-state index is 11.8. The number of hydrazine groups is 1. The van der Waals surface area contributed by atoms with E-state index in [1.807, 2.05) is 11.8 Å². The van der Waals surface area contributed by atoms with Gasteiger partial charge in [0.1, 0.15) is 5.69 Å². The zero-order chi connectivity index (χ0) is 13.9. The quantitative estimate of drug-likeness (QED) is 0.367. The third-order valence-corrected chi connectivity index (χ3v) is 3.42. The first-order chi connectivity index (χ1) is 9.27. The van der Waals surface area contributed by atoms with Gasteiger partial charge in [-0.1, -0.05) is 12.8 Å². The van der Waals surface area contributed by atoms with Gasteiger partial charge in [0.25, 0.3) is 5.91 Å². The lowest BCUT2D eigenvalue weighted by atomic mass is 10.2. The summed E-state index contributed by atoms with van der Waals surface area (Å²) in [7, 11) is 0. The molecule has 1 amide bonds. The second-order valence-corrected chi connectivity index (χ2v) is 5.22. The SMILES string of the molecule is CSCCCCCCNC(=O)c1ccc(NN)cn1. The fourth-order valence-corrected chi connectivity index (χ4v) is 2.12. The highest BCUT2D eigenvalue weighted by Gasteiger charge is 2.05. The molecule has 0 radical (unpaired) electrons. The van der Waals surface area contributed by atoms with Gasteiger partial charge in [-0.2, -0.15) is 11.8 Å². The molecule has 0 unspecified atom stereocenters. The maximum atomic E-state index is 11.8. The van der Waals surface area contributed by atoms with Crippen molar-refractivity contribution in [3.05, 3.63) is 24.0 Å². The van der Waals surface area contributed by atoms with Gasteiger partial charge in [-0.05, 0) is 37.0 Å². The Bertz CT molecular complexity index is 369. The monoisotopic (exact) mass is 282 g/mol. The van der Waals surface area contributed by atoms with Gasteiger partial charge in [0.15, 0.2) is 0 Å². The van der Waals surface area contributed by atoms with Gasteiger partial charge < -0.3 is 10.7 Å². The highest BCUT2D eigenvalue weighted by atomic mass is 32.2. The molecule has 0 atom stereocenters. The molecule has 106 valence electrons. The Kier molecular flexibility index (Phi) is 8.00. The van der Waals surface area contributed by atoms with Crippen LogP contribution in [0.15, 0.2) is 18.3 Å². The largest absolute Gasteiger partial charge is 0.351 e. The van der Waals surface area contributed by atoms with Crippen LogP contribution in [-0.4, -0.2) is 29.4 Å². The zero-order valence-corrected chi connectivity index (χ0v) is 12.1. The number of aromatic nitrogens is 1. The van der Waals surface area contributed by atoms with Crippen molar-refractivity contribution in [1.82, 2.24) is 10.3 Å². The normalized spacial score (nSPS) is 10.2. The van der Waals surface area contributed by atoms with Crippen molar-refractivity contribution >= 4 is 23.4 Å². The third kappa shape index (κ3) is 6.45. The molecule has 19 heavy (non-hydrogen) atoms. The van der Waals surface area contributed by atoms with Crippen LogP contribution in [0, 0.1) is 0 Å². The number of nitrogen functional groups attached to an aromatic ring is 1. The fraction of sp³-hybridized carbons (Fsp3) is 0.538. The minimum Gasteiger partial charge on any atom is -0.351 e. The predicted octanol–water partition coefficient (Wildman–Crippen LogP) is 2.02. The topological polar surface area (TPSA) is 80.0 Å². The Balaban J connectivity index is 2.16. The highest BCUT2D eigenvalue weighted by molar-refractivity contribution is 7.98. The van der Waals surface area contributed by atoms with E-state index in [4.69, 9.17) is 5.84 Å². The summed E-state index contributed by atoms with van der Waals surface area (Å²) in [6, 6.07) is 3.38. The van der Waals surface area contributed by atoms with Crippen LogP contribution < -0.4 is 16.6 Å². The number of carbonyl (C=O) groups excluding carboxylic acids is 1. The lowest BCUT2D eigenvalue weighted by molar-refractivity contribution is 0.0948. The van der Waals surface area contributed by atoms with Gasteiger partial charge in [-0.25, -0.2) is 4.98 Å². The minimum atomic E-state index is -0.132. The van der Waals surface area contributed by atoms with Crippen molar-refractivity contribution in [1.29, 1.82) is 0 Å². The van der Waals surface area contributed by atoms with Crippen molar-refractivity contribution < 1.29 is 4.79 Å². The number of nitrogens with one attached hydrogen (secondary N) is 2. The van der Waals surface area contributed by atoms with E-state index in [-0.39, 0.29) is 5.91 Å². The lowest BCUT2D eigenvalue weighted by Crippen LogP contribution is -2.25. The van der Waals surface area contributed by atoms with Gasteiger partial charge in [0.2, 0.25) is 0 Å². The average molecular weight is 282 g/mol. The first kappa shape index (κ1) is 15.8. The van der Waals surface area contributed by atoms with Crippen LogP contribution >= 0.6 is 11.8 Å². The molecule has 0 aromatic carbocycles. The molecule has 0 saturated carbocycles. The first-order valence-corrected chi connectivity index (χ1v) is 7.87. The Labute approximate surface area is 118 Å². The number of nitrogens with two attached hydrogens (primary N) is 1. The number of pyridine rings is 1.